The number of aromatic nitrogens is 1. The number of aryl methyl sites for hydroxylation is 3. The second kappa shape index (κ2) is 8.11. The van der Waals surface area contributed by atoms with Crippen molar-refractivity contribution in [3.63, 3.8) is 0 Å². The van der Waals surface area contributed by atoms with Gasteiger partial charge in [-0.05, 0) is 62.1 Å². The lowest BCUT2D eigenvalue weighted by Crippen LogP contribution is -2.41. The maximum Gasteiger partial charge on any atom is 0.316 e. The summed E-state index contributed by atoms with van der Waals surface area (Å²) < 4.78 is 5.66. The quantitative estimate of drug-likeness (QED) is 0.582. The molecule has 4 nitrogen and oxygen atoms in total. The number of hydrogen-bond acceptors (Lipinski definition) is 4. The van der Waals surface area contributed by atoms with Gasteiger partial charge in [0, 0.05) is 17.8 Å². The van der Waals surface area contributed by atoms with Crippen molar-refractivity contribution in [2.75, 3.05) is 0 Å². The molecule has 1 saturated heterocycles. The molecule has 1 aromatic heterocycles. The highest BCUT2D eigenvalue weighted by molar-refractivity contribution is 6.01. The molecule has 0 aromatic carbocycles. The smallest absolute Gasteiger partial charge is 0.316 e. The number of ketones is 1. The normalized spacial score (nSPS) is 24.6. The van der Waals surface area contributed by atoms with Crippen molar-refractivity contribution in [1.82, 2.24) is 4.98 Å². The number of hydrogen-bond donors (Lipinski definition) is 0. The topological polar surface area (TPSA) is 56.3 Å². The molecule has 1 aromatic rings. The van der Waals surface area contributed by atoms with Crippen LogP contribution < -0.4 is 0 Å². The highest BCUT2D eigenvalue weighted by Crippen LogP contribution is 2.34. The van der Waals surface area contributed by atoms with Gasteiger partial charge in [0.05, 0.1) is 0 Å². The molecule has 1 aliphatic carbocycles. The van der Waals surface area contributed by atoms with Crippen LogP contribution in [0.3, 0.4) is 0 Å². The Morgan fingerprint density at radius 2 is 1.72 bits per heavy atom. The van der Waals surface area contributed by atoms with Crippen molar-refractivity contribution in [1.29, 1.82) is 0 Å². The zero-order chi connectivity index (χ0) is 17.8. The van der Waals surface area contributed by atoms with Gasteiger partial charge in [-0.2, -0.15) is 0 Å². The van der Waals surface area contributed by atoms with E-state index in [9.17, 15) is 9.59 Å². The van der Waals surface area contributed by atoms with Crippen LogP contribution in [0.4, 0.5) is 0 Å². The van der Waals surface area contributed by atoms with Crippen molar-refractivity contribution in [3.8, 4) is 0 Å². The molecule has 0 spiro atoms. The summed E-state index contributed by atoms with van der Waals surface area (Å²) in [5.74, 6) is -0.406. The molecule has 2 aliphatic rings. The van der Waals surface area contributed by atoms with Crippen molar-refractivity contribution < 1.29 is 14.3 Å². The standard InChI is InChI=1S/C21H29NO3/c1-3-16-11-14(12-17(4-2)22-16)9-10-18-19(23)13-20(25-21(18)24)15-7-5-6-8-15/h11-12,15,18,20H,3-10,13H2,1-2H3. The zero-order valence-corrected chi connectivity index (χ0v) is 15.4. The fourth-order valence-electron chi connectivity index (χ4n) is 4.15. The molecular weight excluding hydrogens is 314 g/mol. The first-order valence-corrected chi connectivity index (χ1v) is 9.82. The van der Waals surface area contributed by atoms with Crippen molar-refractivity contribution in [2.24, 2.45) is 11.8 Å². The summed E-state index contributed by atoms with van der Waals surface area (Å²) in [7, 11) is 0. The summed E-state index contributed by atoms with van der Waals surface area (Å²) in [4.78, 5) is 29.5. The summed E-state index contributed by atoms with van der Waals surface area (Å²) in [5, 5.41) is 0. The van der Waals surface area contributed by atoms with E-state index in [0.717, 1.165) is 43.5 Å². The molecule has 2 heterocycles. The third-order valence-electron chi connectivity index (χ3n) is 5.71. The SMILES string of the molecule is CCc1cc(CCC2C(=O)CC(C3CCCC3)OC2=O)cc(CC)n1. The molecule has 0 N–H and O–H groups in total. The first kappa shape index (κ1) is 18.1. The average Bonchev–Trinajstić information content (AvgIpc) is 3.15. The average molecular weight is 343 g/mol. The Morgan fingerprint density at radius 1 is 1.08 bits per heavy atom. The van der Waals surface area contributed by atoms with Crippen LogP contribution in [0.1, 0.15) is 69.3 Å². The van der Waals surface area contributed by atoms with Crippen LogP contribution in [0.25, 0.3) is 0 Å². The van der Waals surface area contributed by atoms with E-state index in [1.807, 2.05) is 0 Å². The summed E-state index contributed by atoms with van der Waals surface area (Å²) in [6.45, 7) is 4.19. The van der Waals surface area contributed by atoms with E-state index in [4.69, 9.17) is 4.74 Å². The highest BCUT2D eigenvalue weighted by atomic mass is 16.5. The maximum atomic E-state index is 12.5. The van der Waals surface area contributed by atoms with Crippen LogP contribution in [-0.2, 0) is 33.6 Å². The number of nitrogens with zero attached hydrogens (tertiary/aromatic N) is 1. The first-order chi connectivity index (χ1) is 12.1. The molecule has 1 saturated carbocycles. The Labute approximate surface area is 150 Å². The maximum absolute atomic E-state index is 12.5. The van der Waals surface area contributed by atoms with Crippen LogP contribution in [0.5, 0.6) is 0 Å². The summed E-state index contributed by atoms with van der Waals surface area (Å²) in [6.07, 6.45) is 7.88. The molecule has 2 fully saturated rings. The molecule has 2 unspecified atom stereocenters. The molecule has 2 atom stereocenters. The van der Waals surface area contributed by atoms with Gasteiger partial charge in [0.15, 0.2) is 5.78 Å². The summed E-state index contributed by atoms with van der Waals surface area (Å²) in [5.41, 5.74) is 3.32. The minimum Gasteiger partial charge on any atom is -0.461 e. The zero-order valence-electron chi connectivity index (χ0n) is 15.4. The van der Waals surface area contributed by atoms with E-state index in [1.54, 1.807) is 0 Å². The second-order valence-electron chi connectivity index (χ2n) is 7.45. The number of Topliss-reactive ketones (excluding diaryl/α,β-unsaturated/α-hetero) is 1. The number of rotatable bonds is 6. The van der Waals surface area contributed by atoms with E-state index < -0.39 is 5.92 Å². The van der Waals surface area contributed by atoms with Crippen LogP contribution in [-0.4, -0.2) is 22.8 Å². The largest absolute Gasteiger partial charge is 0.461 e. The molecule has 0 bridgehead atoms. The Kier molecular flexibility index (Phi) is 5.87. The Bertz CT molecular complexity index is 594. The number of esters is 1. The lowest BCUT2D eigenvalue weighted by atomic mass is 9.86. The highest BCUT2D eigenvalue weighted by Gasteiger charge is 2.40. The van der Waals surface area contributed by atoms with Crippen LogP contribution in [0, 0.1) is 11.8 Å². The number of carbonyl (C=O) groups excluding carboxylic acids is 2. The predicted molar refractivity (Wildman–Crippen MR) is 96.3 cm³/mol. The summed E-state index contributed by atoms with van der Waals surface area (Å²) >= 11 is 0. The van der Waals surface area contributed by atoms with Crippen molar-refractivity contribution in [3.05, 3.63) is 29.1 Å². The van der Waals surface area contributed by atoms with E-state index in [2.05, 4.69) is 31.0 Å². The number of carbonyl (C=O) groups is 2. The van der Waals surface area contributed by atoms with Crippen LogP contribution in [0.2, 0.25) is 0 Å². The molecule has 0 amide bonds. The molecule has 3 rings (SSSR count). The van der Waals surface area contributed by atoms with Crippen LogP contribution in [0.15, 0.2) is 12.1 Å². The minimum absolute atomic E-state index is 0.0774. The first-order valence-electron chi connectivity index (χ1n) is 9.82. The second-order valence-corrected chi connectivity index (χ2v) is 7.45. The van der Waals surface area contributed by atoms with Gasteiger partial charge in [0.2, 0.25) is 0 Å². The monoisotopic (exact) mass is 343 g/mol. The molecular formula is C21H29NO3. The fourth-order valence-corrected chi connectivity index (χ4v) is 4.15. The van der Waals surface area contributed by atoms with Gasteiger partial charge >= 0.3 is 5.97 Å². The van der Waals surface area contributed by atoms with Gasteiger partial charge < -0.3 is 4.74 Å². The van der Waals surface area contributed by atoms with E-state index in [-0.39, 0.29) is 17.9 Å². The van der Waals surface area contributed by atoms with E-state index in [0.29, 0.717) is 18.8 Å². The van der Waals surface area contributed by atoms with Gasteiger partial charge in [0.25, 0.3) is 0 Å². The predicted octanol–water partition coefficient (Wildman–Crippen LogP) is 3.83. The van der Waals surface area contributed by atoms with Gasteiger partial charge in [-0.3, -0.25) is 14.6 Å². The van der Waals surface area contributed by atoms with E-state index >= 15 is 0 Å². The number of pyridine rings is 1. The number of cyclic esters (lactones) is 1. The van der Waals surface area contributed by atoms with E-state index in [1.165, 1.54) is 18.4 Å². The Hall–Kier alpha value is -1.71. The molecule has 25 heavy (non-hydrogen) atoms. The van der Waals surface area contributed by atoms with Gasteiger partial charge in [0.1, 0.15) is 12.0 Å². The third kappa shape index (κ3) is 4.28. The van der Waals surface area contributed by atoms with Gasteiger partial charge in [-0.15, -0.1) is 0 Å². The van der Waals surface area contributed by atoms with Crippen LogP contribution >= 0.6 is 0 Å². The lowest BCUT2D eigenvalue weighted by Gasteiger charge is -2.30. The molecule has 1 aliphatic heterocycles. The van der Waals surface area contributed by atoms with Gasteiger partial charge in [-0.25, -0.2) is 0 Å². The molecule has 4 heteroatoms. The number of ether oxygens (including phenoxy) is 1. The lowest BCUT2D eigenvalue weighted by molar-refractivity contribution is -0.168. The fraction of sp³-hybridized carbons (Fsp3) is 0.667. The minimum atomic E-state index is -0.582. The molecule has 136 valence electrons. The van der Waals surface area contributed by atoms with Gasteiger partial charge in [-0.1, -0.05) is 26.7 Å². The van der Waals surface area contributed by atoms with Crippen molar-refractivity contribution >= 4 is 11.8 Å². The summed E-state index contributed by atoms with van der Waals surface area (Å²) in [6, 6.07) is 4.19. The Morgan fingerprint density at radius 3 is 2.28 bits per heavy atom. The van der Waals surface area contributed by atoms with Crippen molar-refractivity contribution in [2.45, 2.75) is 77.7 Å². The Balaban J connectivity index is 1.61. The third-order valence-corrected chi connectivity index (χ3v) is 5.71. The molecule has 0 radical (unpaired) electrons.